The van der Waals surface area contributed by atoms with E-state index >= 15 is 0 Å². The average molecular weight is 205 g/mol. The third-order valence-corrected chi connectivity index (χ3v) is 0.402. The Balaban J connectivity index is -0.0000000800. The van der Waals surface area contributed by atoms with Gasteiger partial charge in [0.1, 0.15) is 0 Å². The molecule has 0 aliphatic rings. The summed E-state index contributed by atoms with van der Waals surface area (Å²) in [5.41, 5.74) is 0. The third-order valence-electron chi connectivity index (χ3n) is 0.402. The molecule has 50 valence electrons. The maximum atomic E-state index is 8.68. The first-order chi connectivity index (χ1) is 3.68. The smallest absolute Gasteiger partial charge is 0.542 e. The van der Waals surface area contributed by atoms with Gasteiger partial charge in [0.15, 0.2) is 0 Å². The molecule has 0 aliphatic heterocycles. The first-order valence-electron chi connectivity index (χ1n) is 2.33. The molecule has 0 spiro atoms. The fraction of sp³-hybridized carbons (Fsp3) is 0.667. The van der Waals surface area contributed by atoms with Gasteiger partial charge in [0.25, 0.3) is 0 Å². The Hall–Kier alpha value is 0.734. The molecule has 0 radical (unpaired) electrons. The molecule has 0 aliphatic carbocycles. The summed E-state index contributed by atoms with van der Waals surface area (Å²) >= 11 is 0. The van der Waals surface area contributed by atoms with Gasteiger partial charge in [-0.15, -0.1) is 0 Å². The zero-order valence-electron chi connectivity index (χ0n) is 6.18. The van der Waals surface area contributed by atoms with Gasteiger partial charge in [-0.1, -0.05) is 13.0 Å². The molecule has 0 aromatic heterocycles. The van der Waals surface area contributed by atoms with Crippen LogP contribution in [0.2, 0.25) is 0 Å². The minimum Gasteiger partial charge on any atom is -0.542 e. The van der Waals surface area contributed by atoms with Gasteiger partial charge in [-0.05, 0) is 0 Å². The third kappa shape index (κ3) is 53.0. The van der Waals surface area contributed by atoms with E-state index in [1.165, 1.54) is 13.2 Å². The quantitative estimate of drug-likeness (QED) is 0.596. The number of ether oxygens (including phenoxy) is 1. The molecule has 0 N–H and O–H groups in total. The molecule has 1 unspecified atom stereocenters. The molecule has 9 heavy (non-hydrogen) atoms. The van der Waals surface area contributed by atoms with Crippen molar-refractivity contribution in [2.24, 2.45) is 0 Å². The van der Waals surface area contributed by atoms with Crippen molar-refractivity contribution in [1.82, 2.24) is 0 Å². The molecule has 0 aromatic rings. The number of hydrogen-bond donors (Lipinski definition) is 0. The summed E-state index contributed by atoms with van der Waals surface area (Å²) in [6.07, 6.45) is 1.63. The van der Waals surface area contributed by atoms with Crippen LogP contribution in [0.4, 0.5) is 0 Å². The van der Waals surface area contributed by atoms with Crippen LogP contribution in [-0.2, 0) is 42.2 Å². The topological polar surface area (TPSA) is 26.3 Å². The first kappa shape index (κ1) is 16.4. The van der Waals surface area contributed by atoms with Crippen LogP contribution in [0.3, 0.4) is 0 Å². The van der Waals surface area contributed by atoms with Crippen LogP contribution in [0.1, 0.15) is 13.8 Å². The Morgan fingerprint density at radius 3 is 1.78 bits per heavy atom. The minimum absolute atomic E-state index is 0. The van der Waals surface area contributed by atoms with Crippen LogP contribution in [0, 0.1) is 6.92 Å². The summed E-state index contributed by atoms with van der Waals surface area (Å²) in [5, 5.41) is 0. The molecule has 0 aromatic carbocycles. The molecule has 0 amide bonds. The van der Waals surface area contributed by atoms with Crippen LogP contribution in [0.25, 0.3) is 0 Å². The summed E-state index contributed by atoms with van der Waals surface area (Å²) in [7, 11) is 1.64. The van der Waals surface area contributed by atoms with E-state index in [0.717, 1.165) is 0 Å². The van der Waals surface area contributed by atoms with Crippen molar-refractivity contribution >= 4 is 6.29 Å². The van der Waals surface area contributed by atoms with Gasteiger partial charge in [-0.3, -0.25) is 6.29 Å². The normalized spacial score (nSPS) is 9.78. The molecule has 0 fully saturated rings. The Morgan fingerprint density at radius 2 is 1.78 bits per heavy atom. The van der Waals surface area contributed by atoms with Crippen LogP contribution >= 0.6 is 0 Å². The molecule has 0 heterocycles. The second kappa shape index (κ2) is 15.9. The fourth-order valence-electron chi connectivity index (χ4n) is 0. The van der Waals surface area contributed by atoms with E-state index in [0.29, 0.717) is 0 Å². The monoisotopic (exact) mass is 205 g/mol. The summed E-state index contributed by atoms with van der Waals surface area (Å²) < 4.78 is 4.64. The van der Waals surface area contributed by atoms with E-state index in [2.05, 4.69) is 11.7 Å². The van der Waals surface area contributed by atoms with Crippen molar-refractivity contribution in [2.45, 2.75) is 20.0 Å². The predicted molar refractivity (Wildman–Crippen MR) is 33.2 cm³/mol. The van der Waals surface area contributed by atoms with Crippen molar-refractivity contribution in [3.05, 3.63) is 6.92 Å². The summed E-state index contributed by atoms with van der Waals surface area (Å²) in [6.45, 7) is 6.74. The number of carbonyl (C=O) groups excluding carboxylic acids is 1. The SMILES string of the molecule is C[C-]=O.[CH2-]C(C)OC.[Y+3]. The molecule has 0 saturated heterocycles. The molecule has 0 rings (SSSR count). The summed E-state index contributed by atoms with van der Waals surface area (Å²) in [4.78, 5) is 8.68. The standard InChI is InChI=1S/C4H9O.C2H3O.Y/c1-4(2)5-3;1-2-3;/h4H,1H2,2-3H3;1H3;/q2*-1;+3. The Labute approximate surface area is 82.2 Å². The zero-order valence-corrected chi connectivity index (χ0v) is 9.02. The fourth-order valence-corrected chi connectivity index (χ4v) is 0. The molecule has 0 saturated carbocycles. The van der Waals surface area contributed by atoms with Crippen LogP contribution in [0.5, 0.6) is 0 Å². The van der Waals surface area contributed by atoms with Crippen molar-refractivity contribution in [3.8, 4) is 0 Å². The zero-order chi connectivity index (χ0) is 6.99. The van der Waals surface area contributed by atoms with E-state index in [4.69, 9.17) is 4.79 Å². The predicted octanol–water partition coefficient (Wildman–Crippen LogP) is 0.969. The van der Waals surface area contributed by atoms with Gasteiger partial charge in [0, 0.05) is 7.11 Å². The molecule has 1 atom stereocenters. The van der Waals surface area contributed by atoms with Gasteiger partial charge in [-0.2, -0.15) is 6.92 Å². The second-order valence-corrected chi connectivity index (χ2v) is 1.25. The summed E-state index contributed by atoms with van der Waals surface area (Å²) in [5.74, 6) is 0. The van der Waals surface area contributed by atoms with Crippen LogP contribution in [-0.4, -0.2) is 19.5 Å². The van der Waals surface area contributed by atoms with Gasteiger partial charge in [0.2, 0.25) is 0 Å². The molecule has 3 heteroatoms. The number of rotatable bonds is 1. The van der Waals surface area contributed by atoms with Gasteiger partial charge < -0.3 is 16.5 Å². The average Bonchev–Trinajstić information content (AvgIpc) is 1.69. The van der Waals surface area contributed by atoms with Crippen LogP contribution in [0.15, 0.2) is 0 Å². The van der Waals surface area contributed by atoms with Crippen molar-refractivity contribution in [1.29, 1.82) is 0 Å². The van der Waals surface area contributed by atoms with Crippen molar-refractivity contribution in [2.75, 3.05) is 7.11 Å². The van der Waals surface area contributed by atoms with Crippen molar-refractivity contribution in [3.63, 3.8) is 0 Å². The Kier molecular flexibility index (Phi) is 28.9. The maximum absolute atomic E-state index is 8.68. The number of hydrogen-bond acceptors (Lipinski definition) is 2. The van der Waals surface area contributed by atoms with E-state index in [1.54, 1.807) is 7.11 Å². The van der Waals surface area contributed by atoms with Gasteiger partial charge in [-0.25, -0.2) is 0 Å². The van der Waals surface area contributed by atoms with E-state index in [9.17, 15) is 0 Å². The van der Waals surface area contributed by atoms with E-state index in [-0.39, 0.29) is 38.8 Å². The minimum atomic E-state index is 0. The largest absolute Gasteiger partial charge is 3.00 e. The summed E-state index contributed by atoms with van der Waals surface area (Å²) in [6, 6.07) is 0. The Bertz CT molecular complexity index is 46.3. The molecular weight excluding hydrogens is 193 g/mol. The van der Waals surface area contributed by atoms with Crippen molar-refractivity contribution < 1.29 is 42.2 Å². The second-order valence-electron chi connectivity index (χ2n) is 1.25. The van der Waals surface area contributed by atoms with E-state index in [1.807, 2.05) is 6.92 Å². The first-order valence-corrected chi connectivity index (χ1v) is 2.33. The molecule has 0 bridgehead atoms. The number of methoxy groups -OCH3 is 1. The van der Waals surface area contributed by atoms with Gasteiger partial charge in [0.05, 0.1) is 0 Å². The van der Waals surface area contributed by atoms with Crippen LogP contribution < -0.4 is 0 Å². The Morgan fingerprint density at radius 1 is 1.67 bits per heavy atom. The molecule has 2 nitrogen and oxygen atoms in total. The van der Waals surface area contributed by atoms with E-state index < -0.39 is 0 Å². The molecular formula is C6H12O2Y+. The maximum Gasteiger partial charge on any atom is 3.00 e. The van der Waals surface area contributed by atoms with Gasteiger partial charge >= 0.3 is 32.7 Å².